The quantitative estimate of drug-likeness (QED) is 0.460. The third-order valence-corrected chi connectivity index (χ3v) is 5.89. The number of nitrogens with zero attached hydrogens (tertiary/aromatic N) is 1. The molecule has 32 heavy (non-hydrogen) atoms. The predicted molar refractivity (Wildman–Crippen MR) is 121 cm³/mol. The zero-order chi connectivity index (χ0) is 22.7. The summed E-state index contributed by atoms with van der Waals surface area (Å²) in [4.78, 5) is 38.2. The smallest absolute Gasteiger partial charge is 0.325 e. The third-order valence-electron chi connectivity index (χ3n) is 5.89. The van der Waals surface area contributed by atoms with Crippen molar-refractivity contribution in [3.8, 4) is 0 Å². The minimum Gasteiger partial charge on any atom is -0.465 e. The summed E-state index contributed by atoms with van der Waals surface area (Å²) < 4.78 is 7.03. The number of amides is 1. The van der Waals surface area contributed by atoms with E-state index in [9.17, 15) is 14.4 Å². The molecular weight excluding hydrogens is 404 g/mol. The molecule has 2 aromatic carbocycles. The van der Waals surface area contributed by atoms with Gasteiger partial charge in [0.15, 0.2) is 5.78 Å². The number of ketones is 1. The van der Waals surface area contributed by atoms with Crippen LogP contribution < -0.4 is 5.32 Å². The van der Waals surface area contributed by atoms with Gasteiger partial charge in [-0.05, 0) is 25.0 Å². The Labute approximate surface area is 187 Å². The first-order valence-corrected chi connectivity index (χ1v) is 10.8. The van der Waals surface area contributed by atoms with E-state index in [2.05, 4.69) is 5.32 Å². The molecule has 1 N–H and O–H groups in total. The highest BCUT2D eigenvalue weighted by Gasteiger charge is 2.29. The number of carbonyl (C=O) groups is 3. The zero-order valence-electron chi connectivity index (χ0n) is 18.3. The molecule has 0 atom stereocenters. The Morgan fingerprint density at radius 2 is 1.78 bits per heavy atom. The number of nitrogens with one attached hydrogen (secondary N) is 1. The van der Waals surface area contributed by atoms with Crippen molar-refractivity contribution in [2.45, 2.75) is 33.2 Å². The molecule has 0 unspecified atom stereocenters. The molecule has 0 spiro atoms. The molecule has 4 rings (SSSR count). The summed E-state index contributed by atoms with van der Waals surface area (Å²) in [6.07, 6.45) is 1.07. The standard InChI is InChI=1S/C26H26N2O4/c1-3-32-23(29)16-28-17(2)21(24-22(28)13-14-27-26(24)31)15-19-11-7-8-12-20(19)25(30)18-9-5-4-6-10-18/h4-12H,3,13-16H2,1-2H3,(H,27,31). The van der Waals surface area contributed by atoms with Gasteiger partial charge in [-0.3, -0.25) is 14.4 Å². The monoisotopic (exact) mass is 430 g/mol. The van der Waals surface area contributed by atoms with E-state index < -0.39 is 0 Å². The normalized spacial score (nSPS) is 12.8. The Morgan fingerprint density at radius 3 is 2.53 bits per heavy atom. The second-order valence-corrected chi connectivity index (χ2v) is 7.81. The number of aromatic nitrogens is 1. The molecule has 1 aliphatic rings. The molecule has 1 aromatic heterocycles. The number of benzene rings is 2. The number of ether oxygens (including phenoxy) is 1. The van der Waals surface area contributed by atoms with Crippen LogP contribution in [0.4, 0.5) is 0 Å². The van der Waals surface area contributed by atoms with Crippen molar-refractivity contribution < 1.29 is 19.1 Å². The molecule has 2 heterocycles. The topological polar surface area (TPSA) is 77.4 Å². The summed E-state index contributed by atoms with van der Waals surface area (Å²) in [5, 5.41) is 2.91. The summed E-state index contributed by atoms with van der Waals surface area (Å²) in [6.45, 7) is 4.60. The first-order chi connectivity index (χ1) is 15.5. The van der Waals surface area contributed by atoms with Crippen LogP contribution in [-0.2, 0) is 28.9 Å². The number of hydrogen-bond acceptors (Lipinski definition) is 4. The van der Waals surface area contributed by atoms with E-state index >= 15 is 0 Å². The van der Waals surface area contributed by atoms with Gasteiger partial charge in [0, 0.05) is 41.9 Å². The minimum atomic E-state index is -0.328. The highest BCUT2D eigenvalue weighted by Crippen LogP contribution is 2.29. The van der Waals surface area contributed by atoms with Crippen molar-refractivity contribution in [1.82, 2.24) is 9.88 Å². The lowest BCUT2D eigenvalue weighted by Crippen LogP contribution is -2.33. The van der Waals surface area contributed by atoms with Gasteiger partial charge < -0.3 is 14.6 Å². The molecule has 3 aromatic rings. The van der Waals surface area contributed by atoms with Crippen molar-refractivity contribution >= 4 is 17.7 Å². The van der Waals surface area contributed by atoms with Gasteiger partial charge in [0.2, 0.25) is 0 Å². The number of esters is 1. The maximum absolute atomic E-state index is 13.2. The average molecular weight is 431 g/mol. The van der Waals surface area contributed by atoms with E-state index in [0.717, 1.165) is 22.5 Å². The van der Waals surface area contributed by atoms with Crippen LogP contribution in [0.5, 0.6) is 0 Å². The molecular formula is C26H26N2O4. The second-order valence-electron chi connectivity index (χ2n) is 7.81. The fourth-order valence-electron chi connectivity index (χ4n) is 4.36. The first kappa shape index (κ1) is 21.6. The molecule has 1 amide bonds. The van der Waals surface area contributed by atoms with Crippen LogP contribution in [0, 0.1) is 6.92 Å². The molecule has 0 fully saturated rings. The summed E-state index contributed by atoms with van der Waals surface area (Å²) in [5.74, 6) is -0.521. The van der Waals surface area contributed by atoms with Gasteiger partial charge in [-0.15, -0.1) is 0 Å². The highest BCUT2D eigenvalue weighted by molar-refractivity contribution is 6.10. The summed E-state index contributed by atoms with van der Waals surface area (Å²) in [6, 6.07) is 16.7. The lowest BCUT2D eigenvalue weighted by Gasteiger charge is -2.17. The Balaban J connectivity index is 1.76. The molecule has 0 saturated carbocycles. The first-order valence-electron chi connectivity index (χ1n) is 10.8. The van der Waals surface area contributed by atoms with Gasteiger partial charge in [-0.25, -0.2) is 0 Å². The Kier molecular flexibility index (Phi) is 6.21. The number of rotatable bonds is 7. The molecule has 6 nitrogen and oxygen atoms in total. The van der Waals surface area contributed by atoms with E-state index in [1.807, 2.05) is 54.0 Å². The number of carbonyl (C=O) groups excluding carboxylic acids is 3. The minimum absolute atomic E-state index is 0.0527. The van der Waals surface area contributed by atoms with Crippen LogP contribution in [0.15, 0.2) is 54.6 Å². The molecule has 0 aliphatic carbocycles. The van der Waals surface area contributed by atoms with Crippen molar-refractivity contribution in [2.24, 2.45) is 0 Å². The maximum Gasteiger partial charge on any atom is 0.325 e. The molecule has 0 bridgehead atoms. The van der Waals surface area contributed by atoms with Gasteiger partial charge in [0.05, 0.1) is 12.2 Å². The third kappa shape index (κ3) is 4.08. The van der Waals surface area contributed by atoms with Crippen LogP contribution >= 0.6 is 0 Å². The molecule has 0 saturated heterocycles. The van der Waals surface area contributed by atoms with Gasteiger partial charge in [-0.1, -0.05) is 54.6 Å². The van der Waals surface area contributed by atoms with Gasteiger partial charge in [0.1, 0.15) is 6.54 Å². The van der Waals surface area contributed by atoms with Crippen molar-refractivity contribution in [3.05, 3.63) is 93.8 Å². The second kappa shape index (κ2) is 9.22. The summed E-state index contributed by atoms with van der Waals surface area (Å²) in [5.41, 5.74) is 5.23. The Bertz CT molecular complexity index is 1180. The van der Waals surface area contributed by atoms with Crippen molar-refractivity contribution in [3.63, 3.8) is 0 Å². The number of fused-ring (bicyclic) bond motifs is 1. The molecule has 164 valence electrons. The van der Waals surface area contributed by atoms with Crippen LogP contribution in [0.1, 0.15) is 55.7 Å². The van der Waals surface area contributed by atoms with Gasteiger partial charge in [0.25, 0.3) is 5.91 Å². The van der Waals surface area contributed by atoms with E-state index in [-0.39, 0.29) is 24.2 Å². The van der Waals surface area contributed by atoms with Gasteiger partial charge >= 0.3 is 5.97 Å². The van der Waals surface area contributed by atoms with Crippen LogP contribution in [-0.4, -0.2) is 35.4 Å². The van der Waals surface area contributed by atoms with Crippen molar-refractivity contribution in [2.75, 3.05) is 13.2 Å². The maximum atomic E-state index is 13.2. The molecule has 6 heteroatoms. The summed E-state index contributed by atoms with van der Waals surface area (Å²) in [7, 11) is 0. The lowest BCUT2D eigenvalue weighted by molar-refractivity contribution is -0.143. The fraction of sp³-hybridized carbons (Fsp3) is 0.269. The molecule has 0 radical (unpaired) electrons. The predicted octanol–water partition coefficient (Wildman–Crippen LogP) is 3.47. The van der Waals surface area contributed by atoms with Crippen LogP contribution in [0.25, 0.3) is 0 Å². The zero-order valence-corrected chi connectivity index (χ0v) is 18.3. The Morgan fingerprint density at radius 1 is 1.06 bits per heavy atom. The van der Waals surface area contributed by atoms with Crippen LogP contribution in [0.3, 0.4) is 0 Å². The summed E-state index contributed by atoms with van der Waals surface area (Å²) >= 11 is 0. The van der Waals surface area contributed by atoms with Gasteiger partial charge in [-0.2, -0.15) is 0 Å². The number of hydrogen-bond donors (Lipinski definition) is 1. The lowest BCUT2D eigenvalue weighted by atomic mass is 9.92. The average Bonchev–Trinajstić information content (AvgIpc) is 3.06. The van der Waals surface area contributed by atoms with E-state index in [4.69, 9.17) is 4.74 Å². The largest absolute Gasteiger partial charge is 0.465 e. The van der Waals surface area contributed by atoms with Crippen molar-refractivity contribution in [1.29, 1.82) is 0 Å². The van der Waals surface area contributed by atoms with E-state index in [1.54, 1.807) is 19.1 Å². The van der Waals surface area contributed by atoms with E-state index in [1.165, 1.54) is 0 Å². The fourth-order valence-corrected chi connectivity index (χ4v) is 4.36. The highest BCUT2D eigenvalue weighted by atomic mass is 16.5. The van der Waals surface area contributed by atoms with E-state index in [0.29, 0.717) is 42.7 Å². The Hall–Kier alpha value is -3.67. The molecule has 1 aliphatic heterocycles. The SMILES string of the molecule is CCOC(=O)Cn1c(C)c(Cc2ccccc2C(=O)c2ccccc2)c2c1CCNC2=O. The van der Waals surface area contributed by atoms with Crippen LogP contribution in [0.2, 0.25) is 0 Å².